The van der Waals surface area contributed by atoms with Gasteiger partial charge in [0.2, 0.25) is 5.91 Å². The summed E-state index contributed by atoms with van der Waals surface area (Å²) in [7, 11) is 0. The number of nitrogens with one attached hydrogen (secondary N) is 1. The minimum atomic E-state index is -0.202. The van der Waals surface area contributed by atoms with Gasteiger partial charge in [-0.15, -0.1) is 0 Å². The molecule has 1 amide bonds. The molecule has 4 bridgehead atoms. The van der Waals surface area contributed by atoms with Gasteiger partial charge in [0.15, 0.2) is 0 Å². The highest BCUT2D eigenvalue weighted by molar-refractivity contribution is 9.11. The van der Waals surface area contributed by atoms with Gasteiger partial charge in [-0.25, -0.2) is 5.43 Å². The van der Waals surface area contributed by atoms with E-state index >= 15 is 0 Å². The monoisotopic (exact) mass is 454 g/mol. The van der Waals surface area contributed by atoms with Crippen LogP contribution in [0.3, 0.4) is 0 Å². The highest BCUT2D eigenvalue weighted by Gasteiger charge is 2.54. The number of benzene rings is 1. The standard InChI is InChI=1S/C18H20Br2N2O2/c19-14-4-13(16(23)15(20)5-14)9-21-22-17(24)18-6-10-1-11(7-18)3-12(2-10)8-18/h4-5,9-12,23H,1-3,6-8H2,(H,22,24). The van der Waals surface area contributed by atoms with Crippen molar-refractivity contribution in [3.8, 4) is 5.75 Å². The lowest BCUT2D eigenvalue weighted by atomic mass is 9.49. The van der Waals surface area contributed by atoms with Crippen molar-refractivity contribution >= 4 is 44.0 Å². The second-order valence-corrected chi connectivity index (χ2v) is 9.49. The summed E-state index contributed by atoms with van der Waals surface area (Å²) < 4.78 is 1.42. The molecule has 0 heterocycles. The molecule has 128 valence electrons. The first-order valence-corrected chi connectivity index (χ1v) is 10.1. The molecule has 0 aliphatic heterocycles. The largest absolute Gasteiger partial charge is 0.506 e. The minimum absolute atomic E-state index is 0.0615. The van der Waals surface area contributed by atoms with Crippen LogP contribution in [0.5, 0.6) is 5.75 Å². The maximum Gasteiger partial charge on any atom is 0.246 e. The number of halogens is 2. The van der Waals surface area contributed by atoms with Crippen LogP contribution in [-0.2, 0) is 4.79 Å². The Balaban J connectivity index is 1.47. The lowest BCUT2D eigenvalue weighted by Gasteiger charge is -2.55. The van der Waals surface area contributed by atoms with E-state index in [1.165, 1.54) is 25.5 Å². The van der Waals surface area contributed by atoms with Gasteiger partial charge in [-0.2, -0.15) is 5.10 Å². The summed E-state index contributed by atoms with van der Waals surface area (Å²) >= 11 is 6.68. The predicted octanol–water partition coefficient (Wildman–Crippen LogP) is 4.58. The fourth-order valence-corrected chi connectivity index (χ4v) is 6.61. The Morgan fingerprint density at radius 2 is 1.75 bits per heavy atom. The van der Waals surface area contributed by atoms with Gasteiger partial charge in [0.1, 0.15) is 5.75 Å². The number of carbonyl (C=O) groups excluding carboxylic acids is 1. The number of hydrazone groups is 1. The molecule has 6 heteroatoms. The Morgan fingerprint density at radius 3 is 2.33 bits per heavy atom. The van der Waals surface area contributed by atoms with E-state index in [9.17, 15) is 9.90 Å². The van der Waals surface area contributed by atoms with Crippen LogP contribution in [0.1, 0.15) is 44.1 Å². The Labute approximate surface area is 158 Å². The van der Waals surface area contributed by atoms with E-state index in [0.29, 0.717) is 10.0 Å². The maximum absolute atomic E-state index is 12.8. The molecule has 1 aromatic carbocycles. The quantitative estimate of drug-likeness (QED) is 0.517. The summed E-state index contributed by atoms with van der Waals surface area (Å²) in [5.41, 5.74) is 3.10. The zero-order valence-corrected chi connectivity index (χ0v) is 16.4. The van der Waals surface area contributed by atoms with E-state index in [1.807, 2.05) is 0 Å². The molecule has 4 saturated carbocycles. The van der Waals surface area contributed by atoms with Crippen molar-refractivity contribution in [3.63, 3.8) is 0 Å². The van der Waals surface area contributed by atoms with Gasteiger partial charge in [0.25, 0.3) is 0 Å². The molecule has 5 rings (SSSR count). The molecule has 2 N–H and O–H groups in total. The Bertz CT molecular complexity index is 682. The van der Waals surface area contributed by atoms with Gasteiger partial charge in [-0.05, 0) is 84.3 Å². The van der Waals surface area contributed by atoms with Crippen molar-refractivity contribution in [1.82, 2.24) is 5.43 Å². The molecule has 4 aliphatic rings. The smallest absolute Gasteiger partial charge is 0.246 e. The first-order chi connectivity index (χ1) is 11.4. The van der Waals surface area contributed by atoms with Crippen LogP contribution in [0, 0.1) is 23.2 Å². The van der Waals surface area contributed by atoms with E-state index < -0.39 is 0 Å². The first-order valence-electron chi connectivity index (χ1n) is 8.47. The van der Waals surface area contributed by atoms with Crippen LogP contribution in [0.15, 0.2) is 26.2 Å². The van der Waals surface area contributed by atoms with Crippen LogP contribution < -0.4 is 5.43 Å². The predicted molar refractivity (Wildman–Crippen MR) is 99.8 cm³/mol. The van der Waals surface area contributed by atoms with Crippen molar-refractivity contribution in [3.05, 3.63) is 26.6 Å². The highest BCUT2D eigenvalue weighted by atomic mass is 79.9. The number of aromatic hydroxyl groups is 1. The second kappa shape index (κ2) is 6.13. The summed E-state index contributed by atoms with van der Waals surface area (Å²) in [6.07, 6.45) is 8.51. The molecular weight excluding hydrogens is 436 g/mol. The molecule has 0 unspecified atom stereocenters. The Hall–Kier alpha value is -0.880. The second-order valence-electron chi connectivity index (χ2n) is 7.72. The molecule has 0 saturated heterocycles. The molecule has 4 fully saturated rings. The van der Waals surface area contributed by atoms with Gasteiger partial charge >= 0.3 is 0 Å². The van der Waals surface area contributed by atoms with Gasteiger partial charge in [0, 0.05) is 10.0 Å². The van der Waals surface area contributed by atoms with Crippen LogP contribution in [0.25, 0.3) is 0 Å². The molecule has 0 atom stereocenters. The summed E-state index contributed by atoms with van der Waals surface area (Å²) in [6.45, 7) is 0. The molecule has 24 heavy (non-hydrogen) atoms. The number of hydrogen-bond donors (Lipinski definition) is 2. The van der Waals surface area contributed by atoms with Crippen LogP contribution in [0.2, 0.25) is 0 Å². The summed E-state index contributed by atoms with van der Waals surface area (Å²) in [5.74, 6) is 2.38. The number of rotatable bonds is 3. The van der Waals surface area contributed by atoms with E-state index in [-0.39, 0.29) is 17.1 Å². The van der Waals surface area contributed by atoms with E-state index in [1.54, 1.807) is 12.1 Å². The molecular formula is C18H20Br2N2O2. The number of carbonyl (C=O) groups is 1. The number of phenols is 1. The molecule has 0 aromatic heterocycles. The summed E-state index contributed by atoms with van der Waals surface area (Å²) in [4.78, 5) is 12.8. The lowest BCUT2D eigenvalue weighted by molar-refractivity contribution is -0.146. The van der Waals surface area contributed by atoms with Crippen molar-refractivity contribution < 1.29 is 9.90 Å². The van der Waals surface area contributed by atoms with Gasteiger partial charge in [-0.1, -0.05) is 15.9 Å². The van der Waals surface area contributed by atoms with Gasteiger partial charge in [0.05, 0.1) is 16.1 Å². The summed E-state index contributed by atoms with van der Waals surface area (Å²) in [5, 5.41) is 14.2. The van der Waals surface area contributed by atoms with Crippen molar-refractivity contribution in [2.45, 2.75) is 38.5 Å². The highest BCUT2D eigenvalue weighted by Crippen LogP contribution is 2.60. The fraction of sp³-hybridized carbons (Fsp3) is 0.556. The first kappa shape index (κ1) is 16.6. The molecule has 4 nitrogen and oxygen atoms in total. The van der Waals surface area contributed by atoms with E-state index in [2.05, 4.69) is 42.4 Å². The van der Waals surface area contributed by atoms with Crippen molar-refractivity contribution in [2.75, 3.05) is 0 Å². The van der Waals surface area contributed by atoms with Crippen molar-refractivity contribution in [2.24, 2.45) is 28.3 Å². The van der Waals surface area contributed by atoms with E-state index in [4.69, 9.17) is 0 Å². The van der Waals surface area contributed by atoms with E-state index in [0.717, 1.165) is 41.5 Å². The SMILES string of the molecule is O=C(NN=Cc1cc(Br)cc(Br)c1O)C12CC3CC(CC(C3)C1)C2. The molecule has 0 radical (unpaired) electrons. The maximum atomic E-state index is 12.8. The number of hydrogen-bond acceptors (Lipinski definition) is 3. The zero-order valence-electron chi connectivity index (χ0n) is 13.3. The fourth-order valence-electron chi connectivity index (χ4n) is 5.35. The average Bonchev–Trinajstić information content (AvgIpc) is 2.50. The van der Waals surface area contributed by atoms with Crippen LogP contribution in [-0.4, -0.2) is 17.2 Å². The third kappa shape index (κ3) is 2.92. The average molecular weight is 456 g/mol. The van der Waals surface area contributed by atoms with Crippen LogP contribution >= 0.6 is 31.9 Å². The number of phenolic OH excluding ortho intramolecular Hbond substituents is 1. The third-order valence-corrected chi connectivity index (χ3v) is 7.01. The molecule has 0 spiro atoms. The zero-order chi connectivity index (χ0) is 16.9. The van der Waals surface area contributed by atoms with Crippen molar-refractivity contribution in [1.29, 1.82) is 0 Å². The third-order valence-electron chi connectivity index (χ3n) is 5.95. The van der Waals surface area contributed by atoms with Crippen LogP contribution in [0.4, 0.5) is 0 Å². The minimum Gasteiger partial charge on any atom is -0.506 e. The normalized spacial score (nSPS) is 34.0. The van der Waals surface area contributed by atoms with Gasteiger partial charge in [-0.3, -0.25) is 4.79 Å². The Morgan fingerprint density at radius 1 is 1.17 bits per heavy atom. The molecule has 1 aromatic rings. The number of amides is 1. The topological polar surface area (TPSA) is 61.7 Å². The molecule has 4 aliphatic carbocycles. The Kier molecular flexibility index (Phi) is 4.23. The summed E-state index contributed by atoms with van der Waals surface area (Å²) in [6, 6.07) is 3.53. The number of nitrogens with zero attached hydrogens (tertiary/aromatic N) is 1. The lowest BCUT2D eigenvalue weighted by Crippen LogP contribution is -2.52. The van der Waals surface area contributed by atoms with Gasteiger partial charge < -0.3 is 5.11 Å².